The van der Waals surface area contributed by atoms with Gasteiger partial charge in [-0.1, -0.05) is 12.1 Å². The number of anilines is 1. The van der Waals surface area contributed by atoms with E-state index in [1.165, 1.54) is 25.2 Å². The normalized spacial score (nSPS) is 16.4. The smallest absolute Gasteiger partial charge is 0.326 e. The molecule has 1 atom stereocenters. The number of rotatable bonds is 4. The fraction of sp³-hybridized carbons (Fsp3) is 0.417. The van der Waals surface area contributed by atoms with Crippen molar-refractivity contribution in [2.45, 2.75) is 24.8 Å². The lowest BCUT2D eigenvalue weighted by molar-refractivity contribution is -0.150. The van der Waals surface area contributed by atoms with E-state index in [1.54, 1.807) is 0 Å². The van der Waals surface area contributed by atoms with Gasteiger partial charge in [-0.15, -0.1) is 0 Å². The van der Waals surface area contributed by atoms with E-state index in [9.17, 15) is 22.4 Å². The molecule has 0 aromatic heterocycles. The van der Waals surface area contributed by atoms with Gasteiger partial charge in [-0.05, 0) is 24.2 Å². The first-order valence-corrected chi connectivity index (χ1v) is 5.62. The molecule has 1 aromatic rings. The largest absolute Gasteiger partial charge is 0.326 e. The Balaban J connectivity index is 2.36. The third-order valence-corrected chi connectivity index (χ3v) is 3.05. The molecular formula is C12H12F4N2O. The van der Waals surface area contributed by atoms with E-state index < -0.39 is 18.4 Å². The van der Waals surface area contributed by atoms with Crippen LogP contribution >= 0.6 is 0 Å². The third kappa shape index (κ3) is 2.42. The summed E-state index contributed by atoms with van der Waals surface area (Å²) in [4.78, 5) is 11.2. The summed E-state index contributed by atoms with van der Waals surface area (Å²) in [5.74, 6) is -4.42. The Bertz CT molecular complexity index is 505. The second-order valence-electron chi connectivity index (χ2n) is 4.34. The van der Waals surface area contributed by atoms with Gasteiger partial charge < -0.3 is 10.6 Å². The van der Waals surface area contributed by atoms with E-state index >= 15 is 0 Å². The highest BCUT2D eigenvalue weighted by Crippen LogP contribution is 2.38. The van der Waals surface area contributed by atoms with Crippen LogP contribution in [0.15, 0.2) is 18.2 Å². The molecule has 0 saturated carbocycles. The second-order valence-corrected chi connectivity index (χ2v) is 4.34. The molecule has 0 spiro atoms. The van der Waals surface area contributed by atoms with E-state index in [4.69, 9.17) is 0 Å². The maximum Gasteiger partial charge on any atom is 0.326 e. The number of halogens is 4. The second kappa shape index (κ2) is 4.80. The quantitative estimate of drug-likeness (QED) is 0.829. The van der Waals surface area contributed by atoms with Crippen molar-refractivity contribution in [3.05, 3.63) is 29.3 Å². The lowest BCUT2D eigenvalue weighted by atomic mass is 9.98. The van der Waals surface area contributed by atoms with Gasteiger partial charge in [-0.2, -0.15) is 8.78 Å². The minimum absolute atomic E-state index is 0.0306. The summed E-state index contributed by atoms with van der Waals surface area (Å²) in [5.41, 5.74) is 1.10. The van der Waals surface area contributed by atoms with Crippen molar-refractivity contribution in [1.29, 1.82) is 0 Å². The molecule has 104 valence electrons. The Morgan fingerprint density at radius 1 is 1.37 bits per heavy atom. The molecule has 0 aliphatic carbocycles. The average molecular weight is 276 g/mol. The molecule has 0 bridgehead atoms. The first kappa shape index (κ1) is 13.8. The molecule has 1 aliphatic rings. The summed E-state index contributed by atoms with van der Waals surface area (Å²) < 4.78 is 51.7. The molecule has 1 unspecified atom stereocenters. The molecule has 3 nitrogen and oxygen atoms in total. The average Bonchev–Trinajstić information content (AvgIpc) is 2.68. The number of nitrogens with one attached hydrogen (secondary N) is 2. The van der Waals surface area contributed by atoms with Crippen molar-refractivity contribution in [2.75, 3.05) is 12.4 Å². The number of amides is 1. The van der Waals surface area contributed by atoms with E-state index in [-0.39, 0.29) is 17.9 Å². The predicted molar refractivity (Wildman–Crippen MR) is 61.5 cm³/mol. The minimum Gasteiger partial charge on any atom is -0.326 e. The lowest BCUT2D eigenvalue weighted by Gasteiger charge is -2.26. The summed E-state index contributed by atoms with van der Waals surface area (Å²) in [6, 6.07) is 2.31. The predicted octanol–water partition coefficient (Wildman–Crippen LogP) is 2.34. The molecule has 0 fully saturated rings. The van der Waals surface area contributed by atoms with Gasteiger partial charge in [0.1, 0.15) is 6.04 Å². The van der Waals surface area contributed by atoms with E-state index in [2.05, 4.69) is 10.6 Å². The van der Waals surface area contributed by atoms with Gasteiger partial charge in [0, 0.05) is 5.69 Å². The Morgan fingerprint density at radius 2 is 2.05 bits per heavy atom. The van der Waals surface area contributed by atoms with Crippen molar-refractivity contribution in [3.63, 3.8) is 0 Å². The van der Waals surface area contributed by atoms with Gasteiger partial charge in [0.25, 0.3) is 0 Å². The fourth-order valence-electron chi connectivity index (χ4n) is 2.14. The SMILES string of the molecule is CNC(c1ccc2c(c1)CC(=O)N2)C(F)(F)C(F)F. The zero-order valence-electron chi connectivity index (χ0n) is 10.0. The molecule has 2 N–H and O–H groups in total. The molecule has 1 amide bonds. The Kier molecular flexibility index (Phi) is 3.49. The maximum atomic E-state index is 13.4. The maximum absolute atomic E-state index is 13.4. The van der Waals surface area contributed by atoms with E-state index in [0.29, 0.717) is 11.3 Å². The van der Waals surface area contributed by atoms with Crippen LogP contribution in [0.3, 0.4) is 0 Å². The van der Waals surface area contributed by atoms with Gasteiger partial charge in [0.05, 0.1) is 6.42 Å². The molecular weight excluding hydrogens is 264 g/mol. The Hall–Kier alpha value is -1.63. The highest BCUT2D eigenvalue weighted by atomic mass is 19.3. The van der Waals surface area contributed by atoms with Gasteiger partial charge >= 0.3 is 12.3 Å². The van der Waals surface area contributed by atoms with Crippen LogP contribution in [0.25, 0.3) is 0 Å². The van der Waals surface area contributed by atoms with Crippen LogP contribution in [0.2, 0.25) is 0 Å². The zero-order valence-corrected chi connectivity index (χ0v) is 10.0. The van der Waals surface area contributed by atoms with E-state index in [0.717, 1.165) is 0 Å². The van der Waals surface area contributed by atoms with Gasteiger partial charge in [0.2, 0.25) is 5.91 Å². The van der Waals surface area contributed by atoms with Gasteiger partial charge in [-0.25, -0.2) is 8.78 Å². The number of fused-ring (bicyclic) bond motifs is 1. The van der Waals surface area contributed by atoms with Crippen LogP contribution in [-0.2, 0) is 11.2 Å². The Morgan fingerprint density at radius 3 is 2.63 bits per heavy atom. The number of carbonyl (C=O) groups excluding carboxylic acids is 1. The summed E-state index contributed by atoms with van der Waals surface area (Å²) in [5, 5.41) is 4.76. The molecule has 1 aliphatic heterocycles. The third-order valence-electron chi connectivity index (χ3n) is 3.05. The first-order valence-electron chi connectivity index (χ1n) is 5.62. The van der Waals surface area contributed by atoms with Crippen molar-refractivity contribution < 1.29 is 22.4 Å². The topological polar surface area (TPSA) is 41.1 Å². The van der Waals surface area contributed by atoms with Crippen LogP contribution in [-0.4, -0.2) is 25.3 Å². The molecule has 19 heavy (non-hydrogen) atoms. The van der Waals surface area contributed by atoms with E-state index in [1.807, 2.05) is 0 Å². The number of benzene rings is 1. The summed E-state index contributed by atoms with van der Waals surface area (Å²) in [7, 11) is 1.19. The molecule has 0 radical (unpaired) electrons. The molecule has 1 heterocycles. The van der Waals surface area contributed by atoms with Crippen molar-refractivity contribution >= 4 is 11.6 Å². The van der Waals surface area contributed by atoms with Gasteiger partial charge in [-0.3, -0.25) is 4.79 Å². The summed E-state index contributed by atoms with van der Waals surface area (Å²) in [6.07, 6.45) is -3.70. The lowest BCUT2D eigenvalue weighted by Crippen LogP contribution is -2.41. The number of alkyl halides is 4. The van der Waals surface area contributed by atoms with Crippen molar-refractivity contribution in [3.8, 4) is 0 Å². The monoisotopic (exact) mass is 276 g/mol. The summed E-state index contributed by atoms with van der Waals surface area (Å²) >= 11 is 0. The van der Waals surface area contributed by atoms with Crippen LogP contribution in [0.4, 0.5) is 23.2 Å². The Labute approximate surface area is 107 Å². The van der Waals surface area contributed by atoms with Crippen LogP contribution < -0.4 is 10.6 Å². The standard InChI is InChI=1S/C12H12F4N2O/c1-17-10(12(15,16)11(13)14)6-2-3-8-7(4-6)5-9(19)18-8/h2-4,10-11,17H,5H2,1H3,(H,18,19). The van der Waals surface area contributed by atoms with Crippen LogP contribution in [0, 0.1) is 0 Å². The van der Waals surface area contributed by atoms with Crippen LogP contribution in [0.1, 0.15) is 17.2 Å². The molecule has 7 heteroatoms. The number of carbonyl (C=O) groups is 1. The highest BCUT2D eigenvalue weighted by Gasteiger charge is 2.48. The number of hydrogen-bond donors (Lipinski definition) is 2. The molecule has 1 aromatic carbocycles. The summed E-state index contributed by atoms with van der Waals surface area (Å²) in [6.45, 7) is 0. The molecule has 0 saturated heterocycles. The molecule has 2 rings (SSSR count). The zero-order chi connectivity index (χ0) is 14.2. The van der Waals surface area contributed by atoms with Gasteiger partial charge in [0.15, 0.2) is 0 Å². The minimum atomic E-state index is -4.18. The first-order chi connectivity index (χ1) is 8.86. The van der Waals surface area contributed by atoms with Crippen LogP contribution in [0.5, 0.6) is 0 Å². The fourth-order valence-corrected chi connectivity index (χ4v) is 2.14. The van der Waals surface area contributed by atoms with Crippen molar-refractivity contribution in [1.82, 2.24) is 5.32 Å². The highest BCUT2D eigenvalue weighted by molar-refractivity contribution is 5.99. The van der Waals surface area contributed by atoms with Crippen molar-refractivity contribution in [2.24, 2.45) is 0 Å². The number of hydrogen-bond acceptors (Lipinski definition) is 2.